The topological polar surface area (TPSA) is 29.5 Å². The van der Waals surface area contributed by atoms with Gasteiger partial charge in [0.2, 0.25) is 0 Å². The van der Waals surface area contributed by atoms with Crippen LogP contribution >= 0.6 is 11.8 Å². The number of aliphatic hydroxyl groups excluding tert-OH is 1. The number of benzene rings is 1. The van der Waals surface area contributed by atoms with Crippen molar-refractivity contribution in [2.45, 2.75) is 50.1 Å². The molecule has 2 aliphatic heterocycles. The summed E-state index contributed by atoms with van der Waals surface area (Å²) < 4.78 is 6.32. The van der Waals surface area contributed by atoms with Crippen LogP contribution < -0.4 is 4.74 Å². The molecule has 1 aromatic carbocycles. The Morgan fingerprint density at radius 3 is 3.06 bits per heavy atom. The first kappa shape index (κ1) is 12.4. The molecule has 1 aromatic rings. The molecule has 98 valence electrons. The Hall–Kier alpha value is -0.670. The van der Waals surface area contributed by atoms with E-state index in [4.69, 9.17) is 4.74 Å². The molecule has 0 bridgehead atoms. The summed E-state index contributed by atoms with van der Waals surface area (Å²) in [5.41, 5.74) is 1.98. The highest BCUT2D eigenvalue weighted by molar-refractivity contribution is 8.00. The maximum Gasteiger partial charge on any atom is 0.126 e. The number of rotatable bonds is 0. The first-order valence-electron chi connectivity index (χ1n) is 6.70. The summed E-state index contributed by atoms with van der Waals surface area (Å²) in [6, 6.07) is 6.12. The second-order valence-corrected chi connectivity index (χ2v) is 6.99. The van der Waals surface area contributed by atoms with Gasteiger partial charge in [-0.1, -0.05) is 11.6 Å². The number of thioether (sulfide) groups is 1. The fourth-order valence-electron chi connectivity index (χ4n) is 3.11. The lowest BCUT2D eigenvalue weighted by molar-refractivity contribution is -0.0212. The zero-order valence-electron chi connectivity index (χ0n) is 11.0. The molecular formula is C15H20O2S. The van der Waals surface area contributed by atoms with Gasteiger partial charge in [-0.2, -0.15) is 11.8 Å². The van der Waals surface area contributed by atoms with Gasteiger partial charge in [0.15, 0.2) is 0 Å². The predicted molar refractivity (Wildman–Crippen MR) is 75.3 cm³/mol. The molecule has 0 aromatic heterocycles. The third-order valence-corrected chi connectivity index (χ3v) is 5.68. The zero-order valence-corrected chi connectivity index (χ0v) is 11.8. The molecule has 1 saturated heterocycles. The maximum atomic E-state index is 10.4. The summed E-state index contributed by atoms with van der Waals surface area (Å²) in [7, 11) is 0. The Balaban J connectivity index is 1.98. The zero-order chi connectivity index (χ0) is 12.8. The van der Waals surface area contributed by atoms with Crippen molar-refractivity contribution < 1.29 is 9.84 Å². The van der Waals surface area contributed by atoms with Crippen LogP contribution in [0.5, 0.6) is 5.75 Å². The van der Waals surface area contributed by atoms with E-state index in [1.807, 2.05) is 23.9 Å². The van der Waals surface area contributed by atoms with E-state index in [9.17, 15) is 5.11 Å². The van der Waals surface area contributed by atoms with E-state index in [1.165, 1.54) is 17.7 Å². The molecule has 0 aliphatic carbocycles. The van der Waals surface area contributed by atoms with Crippen molar-refractivity contribution in [2.75, 3.05) is 5.75 Å². The molecule has 0 amide bonds. The smallest absolute Gasteiger partial charge is 0.126 e. The van der Waals surface area contributed by atoms with Crippen LogP contribution in [0.25, 0.3) is 0 Å². The summed E-state index contributed by atoms with van der Waals surface area (Å²) in [4.78, 5) is 0. The van der Waals surface area contributed by atoms with Gasteiger partial charge in [-0.05, 0) is 44.6 Å². The molecule has 0 saturated carbocycles. The van der Waals surface area contributed by atoms with E-state index < -0.39 is 0 Å². The van der Waals surface area contributed by atoms with E-state index in [1.54, 1.807) is 0 Å². The molecule has 3 heteroatoms. The van der Waals surface area contributed by atoms with Gasteiger partial charge in [0.25, 0.3) is 0 Å². The lowest BCUT2D eigenvalue weighted by atomic mass is 9.82. The molecule has 18 heavy (non-hydrogen) atoms. The Bertz CT molecular complexity index is 460. The van der Waals surface area contributed by atoms with Crippen molar-refractivity contribution >= 4 is 11.8 Å². The maximum absolute atomic E-state index is 10.4. The van der Waals surface area contributed by atoms with Crippen molar-refractivity contribution in [3.63, 3.8) is 0 Å². The van der Waals surface area contributed by atoms with E-state index >= 15 is 0 Å². The summed E-state index contributed by atoms with van der Waals surface area (Å²) >= 11 is 1.97. The van der Waals surface area contributed by atoms with E-state index in [0.29, 0.717) is 5.25 Å². The quantitative estimate of drug-likeness (QED) is 0.778. The van der Waals surface area contributed by atoms with Crippen LogP contribution in [0.15, 0.2) is 18.2 Å². The normalized spacial score (nSPS) is 35.1. The van der Waals surface area contributed by atoms with Crippen LogP contribution in [0, 0.1) is 6.92 Å². The summed E-state index contributed by atoms with van der Waals surface area (Å²) in [6.07, 6.45) is 2.60. The fourth-order valence-corrected chi connectivity index (χ4v) is 4.34. The first-order chi connectivity index (χ1) is 8.61. The van der Waals surface area contributed by atoms with Crippen molar-refractivity contribution in [1.82, 2.24) is 0 Å². The number of hydrogen-bond donors (Lipinski definition) is 1. The van der Waals surface area contributed by atoms with Gasteiger partial charge in [-0.25, -0.2) is 0 Å². The van der Waals surface area contributed by atoms with Crippen LogP contribution in [0.1, 0.15) is 43.4 Å². The van der Waals surface area contributed by atoms with Crippen LogP contribution in [0.4, 0.5) is 0 Å². The monoisotopic (exact) mass is 264 g/mol. The third kappa shape index (κ3) is 1.94. The van der Waals surface area contributed by atoms with Crippen molar-refractivity contribution in [1.29, 1.82) is 0 Å². The number of ether oxygens (including phenoxy) is 1. The Kier molecular flexibility index (Phi) is 3.07. The molecule has 2 heterocycles. The highest BCUT2D eigenvalue weighted by Gasteiger charge is 2.46. The van der Waals surface area contributed by atoms with Crippen molar-refractivity contribution in [2.24, 2.45) is 0 Å². The van der Waals surface area contributed by atoms with Gasteiger partial charge in [0, 0.05) is 17.2 Å². The molecule has 3 unspecified atom stereocenters. The Labute approximate surface area is 113 Å². The molecule has 3 rings (SSSR count). The van der Waals surface area contributed by atoms with Crippen LogP contribution in [-0.2, 0) is 0 Å². The largest absolute Gasteiger partial charge is 0.486 e. The minimum absolute atomic E-state index is 0.162. The molecule has 0 radical (unpaired) electrons. The molecule has 1 fully saturated rings. The molecule has 2 nitrogen and oxygen atoms in total. The van der Waals surface area contributed by atoms with E-state index in [2.05, 4.69) is 19.9 Å². The van der Waals surface area contributed by atoms with Gasteiger partial charge in [-0.15, -0.1) is 0 Å². The highest BCUT2D eigenvalue weighted by atomic mass is 32.2. The standard InChI is InChI=1S/C15H20O2S/c1-10-4-5-14-12(8-10)13(16)9-15(17-14)6-3-7-18-11(15)2/h4-5,8,11,13,16H,3,6-7,9H2,1-2H3. The summed E-state index contributed by atoms with van der Waals surface area (Å²) in [5.74, 6) is 2.09. The number of aliphatic hydroxyl groups is 1. The van der Waals surface area contributed by atoms with Crippen LogP contribution in [0.3, 0.4) is 0 Å². The van der Waals surface area contributed by atoms with Gasteiger partial charge < -0.3 is 9.84 Å². The molecular weight excluding hydrogens is 244 g/mol. The number of hydrogen-bond acceptors (Lipinski definition) is 3. The van der Waals surface area contributed by atoms with Crippen LogP contribution in [0.2, 0.25) is 0 Å². The van der Waals surface area contributed by atoms with Gasteiger partial charge in [0.05, 0.1) is 6.10 Å². The minimum Gasteiger partial charge on any atom is -0.486 e. The second kappa shape index (κ2) is 4.46. The fraction of sp³-hybridized carbons (Fsp3) is 0.600. The molecule has 1 N–H and O–H groups in total. The SMILES string of the molecule is Cc1ccc2c(c1)C(O)CC1(CCCSC1C)O2. The Morgan fingerprint density at radius 1 is 1.44 bits per heavy atom. The second-order valence-electron chi connectivity index (χ2n) is 5.54. The predicted octanol–water partition coefficient (Wildman–Crippen LogP) is 3.47. The Morgan fingerprint density at radius 2 is 2.28 bits per heavy atom. The molecule has 1 spiro atoms. The average molecular weight is 264 g/mol. The summed E-state index contributed by atoms with van der Waals surface area (Å²) in [5, 5.41) is 10.9. The minimum atomic E-state index is -0.380. The third-order valence-electron chi connectivity index (χ3n) is 4.23. The highest BCUT2D eigenvalue weighted by Crippen LogP contribution is 2.48. The summed E-state index contributed by atoms with van der Waals surface area (Å²) in [6.45, 7) is 4.28. The van der Waals surface area contributed by atoms with Gasteiger partial charge >= 0.3 is 0 Å². The lowest BCUT2D eigenvalue weighted by Crippen LogP contribution is -2.50. The lowest BCUT2D eigenvalue weighted by Gasteiger charge is -2.46. The van der Waals surface area contributed by atoms with E-state index in [0.717, 1.165) is 24.2 Å². The van der Waals surface area contributed by atoms with Crippen LogP contribution in [-0.4, -0.2) is 21.7 Å². The first-order valence-corrected chi connectivity index (χ1v) is 7.75. The molecule has 2 aliphatic rings. The number of aryl methyl sites for hydroxylation is 1. The van der Waals surface area contributed by atoms with Gasteiger partial charge in [-0.3, -0.25) is 0 Å². The van der Waals surface area contributed by atoms with Gasteiger partial charge in [0.1, 0.15) is 11.4 Å². The van der Waals surface area contributed by atoms with Crippen molar-refractivity contribution in [3.05, 3.63) is 29.3 Å². The van der Waals surface area contributed by atoms with Crippen molar-refractivity contribution in [3.8, 4) is 5.75 Å². The van der Waals surface area contributed by atoms with E-state index in [-0.39, 0.29) is 11.7 Å². The average Bonchev–Trinajstić information content (AvgIpc) is 2.34. The molecule has 3 atom stereocenters. The number of fused-ring (bicyclic) bond motifs is 1.